The highest BCUT2D eigenvalue weighted by Gasteiger charge is 2.43. The highest BCUT2D eigenvalue weighted by Crippen LogP contribution is 2.36. The predicted octanol–water partition coefficient (Wildman–Crippen LogP) is 1.19. The molecule has 20 heavy (non-hydrogen) atoms. The number of fused-ring (bicyclic) bond motifs is 2. The van der Waals surface area contributed by atoms with Crippen molar-refractivity contribution in [3.05, 3.63) is 23.3 Å². The number of ether oxygens (including phenoxy) is 2. The van der Waals surface area contributed by atoms with Gasteiger partial charge in [0.1, 0.15) is 6.04 Å². The van der Waals surface area contributed by atoms with E-state index in [-0.39, 0.29) is 11.9 Å². The molecular weight excluding hydrogens is 276 g/mol. The first-order chi connectivity index (χ1) is 9.56. The maximum absolute atomic E-state index is 12.2. The zero-order valence-electron chi connectivity index (χ0n) is 11.7. The molecule has 1 atom stereocenters. The largest absolute Gasteiger partial charge is 0.493 e. The summed E-state index contributed by atoms with van der Waals surface area (Å²) >= 11 is 5.33. The van der Waals surface area contributed by atoms with Gasteiger partial charge in [0.15, 0.2) is 16.6 Å². The van der Waals surface area contributed by atoms with Crippen LogP contribution in [-0.4, -0.2) is 48.1 Å². The molecule has 6 heteroatoms. The van der Waals surface area contributed by atoms with Crippen molar-refractivity contribution >= 4 is 23.2 Å². The van der Waals surface area contributed by atoms with Gasteiger partial charge >= 0.3 is 0 Å². The van der Waals surface area contributed by atoms with E-state index in [0.29, 0.717) is 29.6 Å². The number of hydrogen-bond acceptors (Lipinski definition) is 4. The summed E-state index contributed by atoms with van der Waals surface area (Å²) < 4.78 is 10.7. The van der Waals surface area contributed by atoms with Crippen LogP contribution in [0, 0.1) is 0 Å². The summed E-state index contributed by atoms with van der Waals surface area (Å²) in [4.78, 5) is 15.7. The van der Waals surface area contributed by atoms with Crippen LogP contribution in [0.2, 0.25) is 0 Å². The lowest BCUT2D eigenvalue weighted by Crippen LogP contribution is -2.40. The van der Waals surface area contributed by atoms with Crippen LogP contribution in [0.3, 0.4) is 0 Å². The van der Waals surface area contributed by atoms with E-state index < -0.39 is 0 Å². The average Bonchev–Trinajstić information content (AvgIpc) is 2.68. The quantitative estimate of drug-likeness (QED) is 0.766. The Morgan fingerprint density at radius 2 is 1.80 bits per heavy atom. The zero-order valence-corrected chi connectivity index (χ0v) is 12.5. The van der Waals surface area contributed by atoms with Crippen LogP contribution in [0.5, 0.6) is 11.5 Å². The molecular formula is C14H16N2O3S. The Balaban J connectivity index is 2.02. The predicted molar refractivity (Wildman–Crippen MR) is 77.9 cm³/mol. The van der Waals surface area contributed by atoms with Crippen molar-refractivity contribution in [2.24, 2.45) is 0 Å². The number of likely N-dealkylation sites (N-methyl/N-ethyl adjacent to an activating group) is 1. The van der Waals surface area contributed by atoms with E-state index in [2.05, 4.69) is 0 Å². The molecule has 1 fully saturated rings. The lowest BCUT2D eigenvalue weighted by Gasteiger charge is -2.30. The molecule has 5 nitrogen and oxygen atoms in total. The second-order valence-electron chi connectivity index (χ2n) is 5.00. The maximum atomic E-state index is 12.2. The van der Waals surface area contributed by atoms with Crippen LogP contribution in [0.1, 0.15) is 11.1 Å². The average molecular weight is 292 g/mol. The molecule has 0 spiro atoms. The molecule has 0 saturated carbocycles. The van der Waals surface area contributed by atoms with Gasteiger partial charge in [-0.1, -0.05) is 0 Å². The van der Waals surface area contributed by atoms with E-state index >= 15 is 0 Å². The number of rotatable bonds is 2. The second kappa shape index (κ2) is 4.63. The topological polar surface area (TPSA) is 42.0 Å². The Morgan fingerprint density at radius 1 is 1.20 bits per heavy atom. The Bertz CT molecular complexity index is 551. The molecule has 1 aromatic rings. The van der Waals surface area contributed by atoms with Gasteiger partial charge in [0, 0.05) is 20.0 Å². The standard InChI is InChI=1S/C14H16N2O3S/c1-15-13(17)10-4-8-5-11(18-2)12(19-3)6-9(8)7-16(10)14(15)20/h5-6,10H,4,7H2,1-3H3/t10-/m1/s1. The fourth-order valence-corrected chi connectivity index (χ4v) is 3.13. The molecule has 0 N–H and O–H groups in total. The van der Waals surface area contributed by atoms with Gasteiger partial charge in [0.05, 0.1) is 14.2 Å². The summed E-state index contributed by atoms with van der Waals surface area (Å²) in [6, 6.07) is 3.74. The fourth-order valence-electron chi connectivity index (χ4n) is 2.84. The van der Waals surface area contributed by atoms with Gasteiger partial charge in [-0.3, -0.25) is 9.69 Å². The number of carbonyl (C=O) groups excluding carboxylic acids is 1. The van der Waals surface area contributed by atoms with E-state index in [9.17, 15) is 4.79 Å². The number of nitrogens with zero attached hydrogens (tertiary/aromatic N) is 2. The van der Waals surface area contributed by atoms with E-state index in [1.165, 1.54) is 0 Å². The van der Waals surface area contributed by atoms with E-state index in [1.807, 2.05) is 17.0 Å². The number of carbonyl (C=O) groups is 1. The zero-order chi connectivity index (χ0) is 14.4. The second-order valence-corrected chi connectivity index (χ2v) is 5.37. The van der Waals surface area contributed by atoms with Crippen LogP contribution in [-0.2, 0) is 17.8 Å². The molecule has 0 bridgehead atoms. The van der Waals surface area contributed by atoms with E-state index in [1.54, 1.807) is 26.2 Å². The van der Waals surface area contributed by atoms with Crippen LogP contribution in [0.15, 0.2) is 12.1 Å². The number of methoxy groups -OCH3 is 2. The van der Waals surface area contributed by atoms with Crippen LogP contribution >= 0.6 is 12.2 Å². The summed E-state index contributed by atoms with van der Waals surface area (Å²) in [5.74, 6) is 1.46. The van der Waals surface area contributed by atoms with Crippen molar-refractivity contribution in [1.29, 1.82) is 0 Å². The molecule has 0 radical (unpaired) electrons. The molecule has 2 heterocycles. The van der Waals surface area contributed by atoms with E-state index in [0.717, 1.165) is 11.1 Å². The Hall–Kier alpha value is -1.82. The van der Waals surface area contributed by atoms with Crippen molar-refractivity contribution in [1.82, 2.24) is 9.80 Å². The third-order valence-electron chi connectivity index (χ3n) is 3.98. The Labute approximate surface area is 123 Å². The molecule has 1 amide bonds. The van der Waals surface area contributed by atoms with Crippen molar-refractivity contribution in [3.8, 4) is 11.5 Å². The summed E-state index contributed by atoms with van der Waals surface area (Å²) in [6.07, 6.45) is 0.652. The highest BCUT2D eigenvalue weighted by molar-refractivity contribution is 7.80. The van der Waals surface area contributed by atoms with Crippen molar-refractivity contribution in [2.45, 2.75) is 19.0 Å². The van der Waals surface area contributed by atoms with Gasteiger partial charge in [-0.2, -0.15) is 0 Å². The van der Waals surface area contributed by atoms with Gasteiger partial charge in [-0.15, -0.1) is 0 Å². The number of thiocarbonyl (C=S) groups is 1. The molecule has 0 aromatic heterocycles. The Morgan fingerprint density at radius 3 is 2.40 bits per heavy atom. The summed E-state index contributed by atoms with van der Waals surface area (Å²) in [6.45, 7) is 0.634. The summed E-state index contributed by atoms with van der Waals surface area (Å²) in [5.41, 5.74) is 2.25. The maximum Gasteiger partial charge on any atom is 0.251 e. The van der Waals surface area contributed by atoms with Crippen LogP contribution in [0.25, 0.3) is 0 Å². The van der Waals surface area contributed by atoms with Gasteiger partial charge in [-0.05, 0) is 35.5 Å². The Kier molecular flexibility index (Phi) is 3.05. The molecule has 1 saturated heterocycles. The lowest BCUT2D eigenvalue weighted by molar-refractivity contribution is -0.127. The van der Waals surface area contributed by atoms with Crippen molar-refractivity contribution in [2.75, 3.05) is 21.3 Å². The van der Waals surface area contributed by atoms with Crippen molar-refractivity contribution < 1.29 is 14.3 Å². The van der Waals surface area contributed by atoms with Gasteiger partial charge in [0.25, 0.3) is 5.91 Å². The van der Waals surface area contributed by atoms with Crippen LogP contribution in [0.4, 0.5) is 0 Å². The molecule has 106 valence electrons. The first-order valence-corrected chi connectivity index (χ1v) is 6.79. The van der Waals surface area contributed by atoms with Crippen molar-refractivity contribution in [3.63, 3.8) is 0 Å². The summed E-state index contributed by atoms with van der Waals surface area (Å²) in [7, 11) is 4.96. The number of hydrogen-bond donors (Lipinski definition) is 0. The molecule has 0 aliphatic carbocycles. The minimum Gasteiger partial charge on any atom is -0.493 e. The first-order valence-electron chi connectivity index (χ1n) is 6.38. The minimum absolute atomic E-state index is 0.0652. The van der Waals surface area contributed by atoms with Gasteiger partial charge in [-0.25, -0.2) is 0 Å². The first kappa shape index (κ1) is 13.2. The SMILES string of the molecule is COc1cc2c(cc1OC)CN1C(=S)N(C)C(=O)[C@H]1C2. The smallest absolute Gasteiger partial charge is 0.251 e. The molecule has 2 aliphatic heterocycles. The lowest BCUT2D eigenvalue weighted by atomic mass is 9.94. The monoisotopic (exact) mass is 292 g/mol. The van der Waals surface area contributed by atoms with Gasteiger partial charge in [0.2, 0.25) is 0 Å². The normalized spacial score (nSPS) is 20.9. The minimum atomic E-state index is -0.182. The fraction of sp³-hybridized carbons (Fsp3) is 0.429. The molecule has 1 aromatic carbocycles. The van der Waals surface area contributed by atoms with Gasteiger partial charge < -0.3 is 14.4 Å². The highest BCUT2D eigenvalue weighted by atomic mass is 32.1. The summed E-state index contributed by atoms with van der Waals surface area (Å²) in [5, 5.41) is 0.598. The third kappa shape index (κ3) is 1.75. The van der Waals surface area contributed by atoms with Crippen LogP contribution < -0.4 is 9.47 Å². The molecule has 0 unspecified atom stereocenters. The molecule has 2 aliphatic rings. The third-order valence-corrected chi connectivity index (χ3v) is 4.49. The number of amides is 1. The molecule has 3 rings (SSSR count). The number of benzene rings is 1. The van der Waals surface area contributed by atoms with E-state index in [4.69, 9.17) is 21.7 Å².